The van der Waals surface area contributed by atoms with Gasteiger partial charge in [-0.3, -0.25) is 4.79 Å². The number of benzene rings is 2. The number of carbonyl (C=O) groups excluding carboxylic acids is 1. The van der Waals surface area contributed by atoms with E-state index in [2.05, 4.69) is 0 Å². The fourth-order valence-electron chi connectivity index (χ4n) is 5.12. The van der Waals surface area contributed by atoms with Crippen LogP contribution in [0, 0.1) is 0 Å². The van der Waals surface area contributed by atoms with Crippen molar-refractivity contribution in [2.75, 3.05) is 27.3 Å². The van der Waals surface area contributed by atoms with E-state index in [1.54, 1.807) is 23.5 Å². The number of hydrogen-bond donors (Lipinski definition) is 0. The predicted molar refractivity (Wildman–Crippen MR) is 131 cm³/mol. The van der Waals surface area contributed by atoms with Gasteiger partial charge in [-0.05, 0) is 74.9 Å². The Bertz CT molecular complexity index is 1130. The lowest BCUT2D eigenvalue weighted by atomic mass is 10.0. The van der Waals surface area contributed by atoms with Crippen molar-refractivity contribution in [3.63, 3.8) is 0 Å². The van der Waals surface area contributed by atoms with E-state index in [1.807, 2.05) is 36.1 Å². The quantitative estimate of drug-likeness (QED) is 0.589. The first-order chi connectivity index (χ1) is 16.3. The van der Waals surface area contributed by atoms with Crippen LogP contribution in [0.1, 0.15) is 54.9 Å². The summed E-state index contributed by atoms with van der Waals surface area (Å²) in [6.07, 6.45) is 5.26. The van der Waals surface area contributed by atoms with Gasteiger partial charge in [0.05, 0.1) is 14.2 Å². The van der Waals surface area contributed by atoms with Crippen molar-refractivity contribution < 1.29 is 22.7 Å². The second-order valence-corrected chi connectivity index (χ2v) is 11.0. The lowest BCUT2D eigenvalue weighted by molar-refractivity contribution is 0.0736. The van der Waals surface area contributed by atoms with Gasteiger partial charge >= 0.3 is 0 Å². The number of hydrogen-bond acceptors (Lipinski definition) is 5. The molecule has 2 aromatic rings. The molecule has 0 radical (unpaired) electrons. The minimum atomic E-state index is -3.78. The molecule has 2 aliphatic heterocycles. The second-order valence-electron chi connectivity index (χ2n) is 9.18. The average molecular weight is 487 g/mol. The lowest BCUT2D eigenvalue weighted by Crippen LogP contribution is -2.42. The minimum absolute atomic E-state index is 0.0591. The molecule has 4 rings (SSSR count). The van der Waals surface area contributed by atoms with Gasteiger partial charge in [-0.1, -0.05) is 18.6 Å². The number of carbonyl (C=O) groups is 1. The van der Waals surface area contributed by atoms with Gasteiger partial charge < -0.3 is 14.4 Å². The third-order valence-electron chi connectivity index (χ3n) is 6.98. The van der Waals surface area contributed by atoms with Crippen LogP contribution in [0.15, 0.2) is 47.4 Å². The number of amides is 1. The summed E-state index contributed by atoms with van der Waals surface area (Å²) in [5, 5.41) is 0. The number of piperidine rings is 1. The molecule has 0 bridgehead atoms. The summed E-state index contributed by atoms with van der Waals surface area (Å²) in [7, 11) is -0.678. The Morgan fingerprint density at radius 2 is 1.82 bits per heavy atom. The summed E-state index contributed by atoms with van der Waals surface area (Å²) < 4.78 is 39.4. The lowest BCUT2D eigenvalue weighted by Gasteiger charge is -2.32. The summed E-state index contributed by atoms with van der Waals surface area (Å²) in [4.78, 5) is 15.5. The Morgan fingerprint density at radius 1 is 1.00 bits per heavy atom. The van der Waals surface area contributed by atoms with Crippen LogP contribution in [0.3, 0.4) is 0 Å². The predicted octanol–water partition coefficient (Wildman–Crippen LogP) is 4.11. The summed E-state index contributed by atoms with van der Waals surface area (Å²) in [5.41, 5.74) is 1.49. The summed E-state index contributed by atoms with van der Waals surface area (Å²) in [6.45, 7) is 3.08. The Labute approximate surface area is 202 Å². The molecule has 1 amide bonds. The zero-order valence-corrected chi connectivity index (χ0v) is 21.0. The summed E-state index contributed by atoms with van der Waals surface area (Å²) in [5.74, 6) is 0.921. The molecule has 0 aliphatic carbocycles. The van der Waals surface area contributed by atoms with Crippen molar-refractivity contribution in [1.82, 2.24) is 9.21 Å². The Hall–Kier alpha value is -2.58. The fourth-order valence-corrected chi connectivity index (χ4v) is 7.00. The van der Waals surface area contributed by atoms with Crippen LogP contribution in [0.5, 0.6) is 11.5 Å². The smallest absolute Gasteiger partial charge is 0.254 e. The first-order valence-electron chi connectivity index (χ1n) is 12.0. The number of nitrogens with zero attached hydrogens (tertiary/aromatic N) is 2. The molecule has 2 aromatic carbocycles. The van der Waals surface area contributed by atoms with Crippen LogP contribution in [-0.4, -0.2) is 62.9 Å². The molecular weight excluding hydrogens is 452 g/mol. The van der Waals surface area contributed by atoms with E-state index in [4.69, 9.17) is 9.47 Å². The molecule has 184 valence electrons. The molecule has 0 N–H and O–H groups in total. The molecule has 2 unspecified atom stereocenters. The van der Waals surface area contributed by atoms with Gasteiger partial charge in [0.2, 0.25) is 10.0 Å². The summed E-state index contributed by atoms with van der Waals surface area (Å²) in [6, 6.07) is 12.7. The van der Waals surface area contributed by atoms with Gasteiger partial charge in [0, 0.05) is 30.7 Å². The number of sulfonamides is 1. The first kappa shape index (κ1) is 24.5. The third kappa shape index (κ3) is 4.93. The Morgan fingerprint density at radius 3 is 2.56 bits per heavy atom. The minimum Gasteiger partial charge on any atom is -0.497 e. The van der Waals surface area contributed by atoms with Crippen LogP contribution in [0.4, 0.5) is 0 Å². The zero-order chi connectivity index (χ0) is 24.3. The van der Waals surface area contributed by atoms with Gasteiger partial charge in [0.1, 0.15) is 16.4 Å². The molecular formula is C26H34N2O5S. The normalized spacial score (nSPS) is 21.4. The zero-order valence-electron chi connectivity index (χ0n) is 20.2. The van der Waals surface area contributed by atoms with Crippen molar-refractivity contribution in [1.29, 1.82) is 0 Å². The van der Waals surface area contributed by atoms with Gasteiger partial charge in [0.15, 0.2) is 0 Å². The highest BCUT2D eigenvalue weighted by Gasteiger charge is 2.35. The highest BCUT2D eigenvalue weighted by molar-refractivity contribution is 7.89. The number of likely N-dealkylation sites (tertiary alicyclic amines) is 1. The highest BCUT2D eigenvalue weighted by atomic mass is 32.2. The maximum atomic E-state index is 13.5. The highest BCUT2D eigenvalue weighted by Crippen LogP contribution is 2.33. The molecule has 0 aromatic heterocycles. The molecule has 2 fully saturated rings. The molecule has 0 saturated carbocycles. The van der Waals surface area contributed by atoms with Crippen LogP contribution in [0.25, 0.3) is 0 Å². The molecule has 2 aliphatic rings. The van der Waals surface area contributed by atoms with E-state index >= 15 is 0 Å². The maximum absolute atomic E-state index is 13.5. The van der Waals surface area contributed by atoms with Gasteiger partial charge in [0.25, 0.3) is 5.91 Å². The van der Waals surface area contributed by atoms with E-state index in [1.165, 1.54) is 13.2 Å². The van der Waals surface area contributed by atoms with Crippen molar-refractivity contribution in [2.24, 2.45) is 0 Å². The molecule has 2 atom stereocenters. The molecule has 2 heterocycles. The number of ether oxygens (including phenoxy) is 2. The van der Waals surface area contributed by atoms with Gasteiger partial charge in [-0.25, -0.2) is 8.42 Å². The fraction of sp³-hybridized carbons (Fsp3) is 0.500. The topological polar surface area (TPSA) is 76.1 Å². The van der Waals surface area contributed by atoms with Gasteiger partial charge in [-0.2, -0.15) is 4.31 Å². The van der Waals surface area contributed by atoms with Crippen molar-refractivity contribution in [3.05, 3.63) is 53.6 Å². The van der Waals surface area contributed by atoms with Crippen LogP contribution < -0.4 is 9.47 Å². The van der Waals surface area contributed by atoms with Crippen LogP contribution in [-0.2, 0) is 16.4 Å². The Balaban J connectivity index is 1.60. The van der Waals surface area contributed by atoms with Crippen molar-refractivity contribution in [2.45, 2.75) is 62.4 Å². The first-order valence-corrected chi connectivity index (χ1v) is 13.4. The van der Waals surface area contributed by atoms with Crippen LogP contribution in [0.2, 0.25) is 0 Å². The number of rotatable bonds is 7. The van der Waals surface area contributed by atoms with Crippen LogP contribution >= 0.6 is 0 Å². The van der Waals surface area contributed by atoms with E-state index in [9.17, 15) is 13.2 Å². The third-order valence-corrected chi connectivity index (χ3v) is 9.02. The number of methoxy groups -OCH3 is 2. The summed E-state index contributed by atoms with van der Waals surface area (Å²) >= 11 is 0. The maximum Gasteiger partial charge on any atom is 0.254 e. The van der Waals surface area contributed by atoms with Gasteiger partial charge in [-0.15, -0.1) is 0 Å². The largest absolute Gasteiger partial charge is 0.497 e. The molecule has 7 nitrogen and oxygen atoms in total. The standard InChI is InChI=1S/C26H34N2O5S/c1-19-8-4-5-15-28(19)34(30,31)25-18-21(12-13-24(25)33-3)26(29)27-14-7-10-22(27)16-20-9-6-11-23(17-20)32-2/h6,9,11-13,17-19,22H,4-5,7-8,10,14-16H2,1-3H3. The van der Waals surface area contributed by atoms with Crippen molar-refractivity contribution in [3.8, 4) is 11.5 Å². The van der Waals surface area contributed by atoms with E-state index < -0.39 is 10.0 Å². The average Bonchev–Trinajstić information content (AvgIpc) is 3.31. The van der Waals surface area contributed by atoms with E-state index in [-0.39, 0.29) is 28.6 Å². The molecule has 34 heavy (non-hydrogen) atoms. The monoisotopic (exact) mass is 486 g/mol. The molecule has 0 spiro atoms. The van der Waals surface area contributed by atoms with E-state index in [0.29, 0.717) is 18.7 Å². The molecule has 8 heteroatoms. The van der Waals surface area contributed by atoms with Crippen molar-refractivity contribution >= 4 is 15.9 Å². The van der Waals surface area contributed by atoms with E-state index in [0.717, 1.165) is 49.8 Å². The second kappa shape index (κ2) is 10.4. The Kier molecular flexibility index (Phi) is 7.48. The SMILES string of the molecule is COc1cccc(CC2CCCN2C(=O)c2ccc(OC)c(S(=O)(=O)N3CCCCC3C)c2)c1. The molecule has 2 saturated heterocycles.